The summed E-state index contributed by atoms with van der Waals surface area (Å²) in [6, 6.07) is 5.03. The largest absolute Gasteiger partial charge is 0.619 e. The molecule has 134 valence electrons. The van der Waals surface area contributed by atoms with Gasteiger partial charge >= 0.3 is 5.97 Å². The van der Waals surface area contributed by atoms with Crippen molar-refractivity contribution in [3.05, 3.63) is 51.3 Å². The minimum atomic E-state index is -0.757. The Labute approximate surface area is 154 Å². The minimum Gasteiger partial charge on any atom is -0.619 e. The number of carbonyl (C=O) groups is 2. The van der Waals surface area contributed by atoms with Crippen LogP contribution in [0, 0.1) is 16.5 Å². The molecule has 2 aromatic heterocycles. The van der Waals surface area contributed by atoms with Crippen LogP contribution in [0.4, 0.5) is 5.00 Å². The highest BCUT2D eigenvalue weighted by Crippen LogP contribution is 2.36. The van der Waals surface area contributed by atoms with Gasteiger partial charge in [0.2, 0.25) is 0 Å². The van der Waals surface area contributed by atoms with Gasteiger partial charge in [-0.25, -0.2) is 4.79 Å². The number of carbonyl (C=O) groups excluding carboxylic acids is 2. The monoisotopic (exact) mass is 371 g/mol. The second kappa shape index (κ2) is 7.97. The Balaban J connectivity index is 1.63. The van der Waals surface area contributed by atoms with Crippen LogP contribution in [0.25, 0.3) is 0 Å². The van der Waals surface area contributed by atoms with Gasteiger partial charge in [0.25, 0.3) is 5.91 Å². The fraction of sp³-hybridized carbons (Fsp3) is 0.333. The SMILES string of the molecule is N#Cc1c(NC(=O)COC(=O)c2ccc[n+]([O-])c2)sc2c1CCCCC2. The molecule has 0 unspecified atom stereocenters. The van der Waals surface area contributed by atoms with Crippen molar-refractivity contribution in [2.75, 3.05) is 11.9 Å². The lowest BCUT2D eigenvalue weighted by atomic mass is 10.1. The maximum absolute atomic E-state index is 12.1. The van der Waals surface area contributed by atoms with E-state index in [9.17, 15) is 20.1 Å². The van der Waals surface area contributed by atoms with E-state index in [-0.39, 0.29) is 5.56 Å². The molecule has 1 aliphatic carbocycles. The summed E-state index contributed by atoms with van der Waals surface area (Å²) in [5.41, 5.74) is 1.62. The maximum Gasteiger partial charge on any atom is 0.344 e. The standard InChI is InChI=1S/C18H17N3O4S/c19-9-14-13-6-2-1-3-7-15(13)26-17(14)20-16(22)11-25-18(23)12-5-4-8-21(24)10-12/h4-5,8,10H,1-3,6-7,11H2,(H,20,22). The van der Waals surface area contributed by atoms with Gasteiger partial charge in [0.05, 0.1) is 5.56 Å². The quantitative estimate of drug-likeness (QED) is 0.384. The molecule has 0 atom stereocenters. The predicted octanol–water partition coefficient (Wildman–Crippen LogP) is 2.32. The minimum absolute atomic E-state index is 0.0656. The van der Waals surface area contributed by atoms with Gasteiger partial charge in [0, 0.05) is 10.9 Å². The van der Waals surface area contributed by atoms with Gasteiger partial charge in [0.15, 0.2) is 19.0 Å². The van der Waals surface area contributed by atoms with E-state index in [0.717, 1.165) is 48.7 Å². The first-order chi connectivity index (χ1) is 12.6. The molecule has 0 saturated carbocycles. The predicted molar refractivity (Wildman–Crippen MR) is 94.6 cm³/mol. The second-order valence-corrected chi connectivity index (χ2v) is 7.06. The highest BCUT2D eigenvalue weighted by Gasteiger charge is 2.21. The smallest absolute Gasteiger partial charge is 0.344 e. The van der Waals surface area contributed by atoms with Crippen LogP contribution in [0.2, 0.25) is 0 Å². The average Bonchev–Trinajstić information content (AvgIpc) is 2.79. The molecule has 2 aromatic rings. The zero-order valence-electron chi connectivity index (χ0n) is 14.0. The van der Waals surface area contributed by atoms with Gasteiger partial charge in [-0.2, -0.15) is 9.99 Å². The van der Waals surface area contributed by atoms with Crippen LogP contribution in [-0.2, 0) is 22.4 Å². The van der Waals surface area contributed by atoms with Crippen molar-refractivity contribution < 1.29 is 19.1 Å². The highest BCUT2D eigenvalue weighted by molar-refractivity contribution is 7.16. The molecule has 8 heteroatoms. The van der Waals surface area contributed by atoms with Gasteiger partial charge in [-0.15, -0.1) is 11.3 Å². The lowest BCUT2D eigenvalue weighted by Gasteiger charge is -2.06. The van der Waals surface area contributed by atoms with Crippen molar-refractivity contribution >= 4 is 28.2 Å². The number of anilines is 1. The molecule has 1 amide bonds. The van der Waals surface area contributed by atoms with E-state index in [4.69, 9.17) is 4.74 Å². The van der Waals surface area contributed by atoms with Crippen LogP contribution in [0.1, 0.15) is 45.6 Å². The Morgan fingerprint density at radius 2 is 2.15 bits per heavy atom. The van der Waals surface area contributed by atoms with Crippen LogP contribution in [0.3, 0.4) is 0 Å². The van der Waals surface area contributed by atoms with Crippen LogP contribution in [0.5, 0.6) is 0 Å². The normalized spacial score (nSPS) is 13.2. The summed E-state index contributed by atoms with van der Waals surface area (Å²) in [4.78, 5) is 25.1. The Morgan fingerprint density at radius 3 is 2.92 bits per heavy atom. The number of pyridine rings is 1. The molecule has 0 spiro atoms. The zero-order chi connectivity index (χ0) is 18.5. The molecule has 1 aliphatic rings. The van der Waals surface area contributed by atoms with Crippen molar-refractivity contribution in [1.29, 1.82) is 5.26 Å². The first kappa shape index (κ1) is 17.9. The number of amides is 1. The summed E-state index contributed by atoms with van der Waals surface area (Å²) in [6.07, 6.45) is 7.36. The first-order valence-corrected chi connectivity index (χ1v) is 9.10. The molecule has 2 heterocycles. The molecular weight excluding hydrogens is 354 g/mol. The van der Waals surface area contributed by atoms with Crippen LogP contribution < -0.4 is 10.0 Å². The number of esters is 1. The number of fused-ring (bicyclic) bond motifs is 1. The van der Waals surface area contributed by atoms with Crippen molar-refractivity contribution in [2.45, 2.75) is 32.1 Å². The molecule has 7 nitrogen and oxygen atoms in total. The van der Waals surface area contributed by atoms with Gasteiger partial charge in [-0.1, -0.05) is 6.42 Å². The van der Waals surface area contributed by atoms with E-state index in [1.165, 1.54) is 29.7 Å². The van der Waals surface area contributed by atoms with Crippen molar-refractivity contribution in [3.63, 3.8) is 0 Å². The molecule has 0 aliphatic heterocycles. The van der Waals surface area contributed by atoms with E-state index >= 15 is 0 Å². The lowest BCUT2D eigenvalue weighted by Crippen LogP contribution is -2.27. The number of aromatic nitrogens is 1. The zero-order valence-corrected chi connectivity index (χ0v) is 14.8. The number of nitriles is 1. The Morgan fingerprint density at radius 1 is 1.35 bits per heavy atom. The Bertz CT molecular complexity index is 885. The summed E-state index contributed by atoms with van der Waals surface area (Å²) in [5.74, 6) is -1.27. The Hall–Kier alpha value is -2.92. The Kier molecular flexibility index (Phi) is 5.49. The maximum atomic E-state index is 12.1. The molecule has 26 heavy (non-hydrogen) atoms. The van der Waals surface area contributed by atoms with E-state index < -0.39 is 18.5 Å². The lowest BCUT2D eigenvalue weighted by molar-refractivity contribution is -0.605. The molecule has 0 aromatic carbocycles. The van der Waals surface area contributed by atoms with E-state index in [1.807, 2.05) is 0 Å². The molecule has 0 radical (unpaired) electrons. The third kappa shape index (κ3) is 4.00. The third-order valence-corrected chi connectivity index (χ3v) is 5.34. The van der Waals surface area contributed by atoms with E-state index in [2.05, 4.69) is 11.4 Å². The summed E-state index contributed by atoms with van der Waals surface area (Å²) < 4.78 is 5.41. The molecule has 0 saturated heterocycles. The molecule has 0 fully saturated rings. The fourth-order valence-electron chi connectivity index (χ4n) is 2.90. The van der Waals surface area contributed by atoms with Crippen LogP contribution in [0.15, 0.2) is 24.5 Å². The molecule has 1 N–H and O–H groups in total. The topological polar surface area (TPSA) is 106 Å². The summed E-state index contributed by atoms with van der Waals surface area (Å²) in [5, 5.41) is 23.8. The second-order valence-electron chi connectivity index (χ2n) is 5.96. The van der Waals surface area contributed by atoms with E-state index in [0.29, 0.717) is 15.3 Å². The molecule has 0 bridgehead atoms. The van der Waals surface area contributed by atoms with Crippen molar-refractivity contribution in [1.82, 2.24) is 0 Å². The average molecular weight is 371 g/mol. The number of nitrogens with zero attached hydrogens (tertiary/aromatic N) is 2. The summed E-state index contributed by atoms with van der Waals surface area (Å²) in [7, 11) is 0. The third-order valence-electron chi connectivity index (χ3n) is 4.13. The van der Waals surface area contributed by atoms with Crippen molar-refractivity contribution in [3.8, 4) is 6.07 Å². The number of aryl methyl sites for hydroxylation is 1. The highest BCUT2D eigenvalue weighted by atomic mass is 32.1. The van der Waals surface area contributed by atoms with Gasteiger partial charge in [-0.05, 0) is 37.3 Å². The number of thiophene rings is 1. The summed E-state index contributed by atoms with van der Waals surface area (Å²) >= 11 is 1.42. The first-order valence-electron chi connectivity index (χ1n) is 8.29. The fourth-order valence-corrected chi connectivity index (χ4v) is 4.16. The number of nitrogens with one attached hydrogen (secondary N) is 1. The van der Waals surface area contributed by atoms with Gasteiger partial charge < -0.3 is 15.3 Å². The molecule has 3 rings (SSSR count). The van der Waals surface area contributed by atoms with Crippen molar-refractivity contribution in [2.24, 2.45) is 0 Å². The van der Waals surface area contributed by atoms with Gasteiger partial charge in [-0.3, -0.25) is 4.79 Å². The number of hydrogen-bond acceptors (Lipinski definition) is 6. The van der Waals surface area contributed by atoms with Crippen LogP contribution >= 0.6 is 11.3 Å². The van der Waals surface area contributed by atoms with Crippen LogP contribution in [-0.4, -0.2) is 18.5 Å². The number of rotatable bonds is 4. The van der Waals surface area contributed by atoms with E-state index in [1.54, 1.807) is 0 Å². The summed E-state index contributed by atoms with van der Waals surface area (Å²) in [6.45, 7) is -0.486. The number of ether oxygens (including phenoxy) is 1. The van der Waals surface area contributed by atoms with Gasteiger partial charge in [0.1, 0.15) is 16.6 Å². The number of hydrogen-bond donors (Lipinski definition) is 1. The molecular formula is C18H17N3O4S.